The molecule has 0 bridgehead atoms. The van der Waals surface area contributed by atoms with Crippen LogP contribution >= 0.6 is 0 Å². The van der Waals surface area contributed by atoms with E-state index in [1.54, 1.807) is 6.08 Å². The lowest BCUT2D eigenvalue weighted by molar-refractivity contribution is -0.123. The van der Waals surface area contributed by atoms with Gasteiger partial charge in [-0.05, 0) is 32.1 Å². The second-order valence-corrected chi connectivity index (χ2v) is 11.7. The summed E-state index contributed by atoms with van der Waals surface area (Å²) in [4.78, 5) is 12.3. The molecule has 0 radical (unpaired) electrons. The predicted octanol–water partition coefficient (Wildman–Crippen LogP) is 9.57. The summed E-state index contributed by atoms with van der Waals surface area (Å²) in [6.45, 7) is 4.26. The summed E-state index contributed by atoms with van der Waals surface area (Å²) in [6.07, 6.45) is 34.1. The van der Waals surface area contributed by atoms with Gasteiger partial charge in [0.2, 0.25) is 5.91 Å². The summed E-state index contributed by atoms with van der Waals surface area (Å²) >= 11 is 0. The molecule has 4 heteroatoms. The van der Waals surface area contributed by atoms with E-state index in [9.17, 15) is 15.0 Å². The van der Waals surface area contributed by atoms with Crippen LogP contribution in [-0.4, -0.2) is 34.9 Å². The molecule has 0 saturated heterocycles. The summed E-state index contributed by atoms with van der Waals surface area (Å²) in [6, 6.07) is -0.629. The second kappa shape index (κ2) is 32.2. The highest BCUT2D eigenvalue weighted by atomic mass is 16.3. The van der Waals surface area contributed by atoms with Crippen molar-refractivity contribution in [3.63, 3.8) is 0 Å². The number of carbonyl (C=O) groups is 1. The van der Waals surface area contributed by atoms with E-state index in [1.807, 2.05) is 6.08 Å². The molecule has 0 fully saturated rings. The molecule has 0 heterocycles. The molecule has 40 heavy (non-hydrogen) atoms. The molecule has 0 unspecified atom stereocenters. The minimum absolute atomic E-state index is 0.0857. The van der Waals surface area contributed by atoms with Crippen molar-refractivity contribution in [1.29, 1.82) is 0 Å². The third-order valence-electron chi connectivity index (χ3n) is 7.75. The molecule has 0 aromatic carbocycles. The van der Waals surface area contributed by atoms with E-state index >= 15 is 0 Å². The Hall–Kier alpha value is -1.31. The molecular formula is C36H67NO3. The Bertz CT molecular complexity index is 621. The molecule has 234 valence electrons. The fourth-order valence-corrected chi connectivity index (χ4v) is 5.01. The lowest BCUT2D eigenvalue weighted by Crippen LogP contribution is -2.45. The zero-order chi connectivity index (χ0) is 29.4. The van der Waals surface area contributed by atoms with E-state index < -0.39 is 12.1 Å². The number of hydrogen-bond donors (Lipinski definition) is 3. The van der Waals surface area contributed by atoms with E-state index in [1.165, 1.54) is 103 Å². The van der Waals surface area contributed by atoms with Gasteiger partial charge in [-0.2, -0.15) is 0 Å². The summed E-state index contributed by atoms with van der Waals surface area (Å²) in [7, 11) is 0. The normalized spacial score (nSPS) is 12.8. The molecule has 0 spiro atoms. The van der Waals surface area contributed by atoms with E-state index in [0.29, 0.717) is 6.42 Å². The summed E-state index contributed by atoms with van der Waals surface area (Å²) in [5.74, 6) is 6.54. The van der Waals surface area contributed by atoms with E-state index in [-0.39, 0.29) is 12.5 Å². The third kappa shape index (κ3) is 28.2. The quantitative estimate of drug-likeness (QED) is 0.0484. The van der Waals surface area contributed by atoms with E-state index in [0.717, 1.165) is 57.8 Å². The van der Waals surface area contributed by atoms with Crippen LogP contribution in [0.25, 0.3) is 0 Å². The number of aliphatic hydroxyl groups excluding tert-OH is 2. The first-order valence-corrected chi connectivity index (χ1v) is 17.4. The van der Waals surface area contributed by atoms with Gasteiger partial charge < -0.3 is 15.5 Å². The van der Waals surface area contributed by atoms with Crippen molar-refractivity contribution in [3.8, 4) is 11.8 Å². The average Bonchev–Trinajstić information content (AvgIpc) is 2.96. The van der Waals surface area contributed by atoms with Crippen LogP contribution in [0, 0.1) is 11.8 Å². The lowest BCUT2D eigenvalue weighted by atomic mass is 10.0. The number of nitrogens with one attached hydrogen (secondary N) is 1. The van der Waals surface area contributed by atoms with Gasteiger partial charge in [-0.1, -0.05) is 142 Å². The van der Waals surface area contributed by atoms with Crippen LogP contribution in [0.3, 0.4) is 0 Å². The average molecular weight is 562 g/mol. The number of hydrogen-bond acceptors (Lipinski definition) is 3. The molecule has 1 amide bonds. The zero-order valence-electron chi connectivity index (χ0n) is 26.7. The molecule has 0 aromatic rings. The van der Waals surface area contributed by atoms with E-state index in [4.69, 9.17) is 0 Å². The molecule has 0 aliphatic heterocycles. The molecule has 4 nitrogen and oxygen atoms in total. The summed E-state index contributed by atoms with van der Waals surface area (Å²) in [5, 5.41) is 22.8. The van der Waals surface area contributed by atoms with Crippen molar-refractivity contribution in [2.45, 2.75) is 193 Å². The Kier molecular flexibility index (Phi) is 31.2. The minimum Gasteiger partial charge on any atom is -0.394 e. The van der Waals surface area contributed by atoms with Gasteiger partial charge in [-0.15, -0.1) is 11.8 Å². The second-order valence-electron chi connectivity index (χ2n) is 11.7. The molecule has 0 saturated carbocycles. The topological polar surface area (TPSA) is 69.6 Å². The Morgan fingerprint density at radius 2 is 1.07 bits per heavy atom. The molecule has 3 N–H and O–H groups in total. The molecule has 0 rings (SSSR count). The Balaban J connectivity index is 3.67. The van der Waals surface area contributed by atoms with Gasteiger partial charge in [-0.25, -0.2) is 0 Å². The van der Waals surface area contributed by atoms with E-state index in [2.05, 4.69) is 31.0 Å². The van der Waals surface area contributed by atoms with Crippen LogP contribution in [0.1, 0.15) is 181 Å². The largest absolute Gasteiger partial charge is 0.394 e. The standard InChI is InChI=1S/C36H67NO3/c1-3-5-7-9-11-13-15-17-18-20-22-24-26-28-30-32-36(40)37-34(33-38)35(39)31-29-27-25-23-21-19-16-14-12-10-8-6-4-2/h29,31,34-35,38-39H,3-16,19-28,30,32-33H2,1-2H3,(H,37,40)/b31-29+/t34-,35+/m0/s1. The predicted molar refractivity (Wildman–Crippen MR) is 173 cm³/mol. The molecule has 0 aliphatic rings. The smallest absolute Gasteiger partial charge is 0.220 e. The van der Waals surface area contributed by atoms with Crippen LogP contribution in [0.4, 0.5) is 0 Å². The fraction of sp³-hybridized carbons (Fsp3) is 0.861. The number of allylic oxidation sites excluding steroid dienone is 1. The monoisotopic (exact) mass is 562 g/mol. The number of carbonyl (C=O) groups excluding carboxylic acids is 1. The van der Waals surface area contributed by atoms with Gasteiger partial charge in [-0.3, -0.25) is 4.79 Å². The fourth-order valence-electron chi connectivity index (χ4n) is 5.01. The maximum Gasteiger partial charge on any atom is 0.220 e. The van der Waals surface area contributed by atoms with Gasteiger partial charge >= 0.3 is 0 Å². The SMILES string of the molecule is CCCCCCCCC#CCCCCCCCC(=O)N[C@@H](CO)[C@H](O)/C=C/CCCCCCCCCCCCC. The highest BCUT2D eigenvalue weighted by molar-refractivity contribution is 5.76. The van der Waals surface area contributed by atoms with Crippen molar-refractivity contribution in [2.75, 3.05) is 6.61 Å². The van der Waals surface area contributed by atoms with Crippen molar-refractivity contribution >= 4 is 5.91 Å². The maximum absolute atomic E-state index is 12.3. The Morgan fingerprint density at radius 1 is 0.650 bits per heavy atom. The maximum atomic E-state index is 12.3. The third-order valence-corrected chi connectivity index (χ3v) is 7.75. The lowest BCUT2D eigenvalue weighted by Gasteiger charge is -2.20. The number of amides is 1. The van der Waals surface area contributed by atoms with Gasteiger partial charge in [0, 0.05) is 19.3 Å². The Morgan fingerprint density at radius 3 is 1.55 bits per heavy atom. The van der Waals surface area contributed by atoms with Crippen molar-refractivity contribution in [1.82, 2.24) is 5.32 Å². The number of unbranched alkanes of at least 4 members (excludes halogenated alkanes) is 22. The highest BCUT2D eigenvalue weighted by Crippen LogP contribution is 2.13. The van der Waals surface area contributed by atoms with Gasteiger partial charge in [0.25, 0.3) is 0 Å². The number of rotatable bonds is 29. The minimum atomic E-state index is -0.844. The van der Waals surface area contributed by atoms with Gasteiger partial charge in [0.05, 0.1) is 18.8 Å². The number of aliphatic hydroxyl groups is 2. The zero-order valence-corrected chi connectivity index (χ0v) is 26.7. The first kappa shape index (κ1) is 38.7. The summed E-state index contributed by atoms with van der Waals surface area (Å²) in [5.41, 5.74) is 0. The molecular weight excluding hydrogens is 494 g/mol. The first-order valence-electron chi connectivity index (χ1n) is 17.4. The van der Waals surface area contributed by atoms with Crippen molar-refractivity contribution in [3.05, 3.63) is 12.2 Å². The molecule has 0 aliphatic carbocycles. The van der Waals surface area contributed by atoms with Crippen molar-refractivity contribution < 1.29 is 15.0 Å². The van der Waals surface area contributed by atoms with Gasteiger partial charge in [0.1, 0.15) is 0 Å². The Labute approximate surface area is 249 Å². The molecule has 2 atom stereocenters. The molecule has 0 aromatic heterocycles. The van der Waals surface area contributed by atoms with Crippen LogP contribution in [0.2, 0.25) is 0 Å². The van der Waals surface area contributed by atoms with Crippen LogP contribution in [0.5, 0.6) is 0 Å². The van der Waals surface area contributed by atoms with Gasteiger partial charge in [0.15, 0.2) is 0 Å². The summed E-state index contributed by atoms with van der Waals surface area (Å²) < 4.78 is 0. The van der Waals surface area contributed by atoms with Crippen LogP contribution < -0.4 is 5.32 Å². The first-order chi connectivity index (χ1) is 19.7. The van der Waals surface area contributed by atoms with Crippen LogP contribution in [-0.2, 0) is 4.79 Å². The highest BCUT2D eigenvalue weighted by Gasteiger charge is 2.17. The van der Waals surface area contributed by atoms with Crippen LogP contribution in [0.15, 0.2) is 12.2 Å². The van der Waals surface area contributed by atoms with Crippen molar-refractivity contribution in [2.24, 2.45) is 0 Å².